The summed E-state index contributed by atoms with van der Waals surface area (Å²) in [5.74, 6) is -2.91. The maximum absolute atomic E-state index is 11.6. The fraction of sp³-hybridized carbons (Fsp3) is 0.429. The molecule has 0 fully saturated rings. The topological polar surface area (TPSA) is 133 Å². The number of esters is 3. The van der Waals surface area contributed by atoms with Crippen LogP contribution in [-0.2, 0) is 43.0 Å². The van der Waals surface area contributed by atoms with Gasteiger partial charge in [0.1, 0.15) is 12.4 Å². The molecule has 0 saturated heterocycles. The molecule has 0 aliphatic carbocycles. The molecule has 10 nitrogen and oxygen atoms in total. The van der Waals surface area contributed by atoms with Crippen LogP contribution in [0.4, 0.5) is 0 Å². The average molecular weight is 443 g/mol. The molecule has 0 saturated carbocycles. The molecule has 0 aromatic rings. The average Bonchev–Trinajstić information content (AvgIpc) is 2.74. The van der Waals surface area contributed by atoms with E-state index < -0.39 is 36.3 Å². The van der Waals surface area contributed by atoms with E-state index in [1.165, 1.54) is 27.9 Å². The molecule has 2 amide bonds. The van der Waals surface area contributed by atoms with Gasteiger partial charge in [-0.15, -0.1) is 0 Å². The van der Waals surface area contributed by atoms with Crippen molar-refractivity contribution in [1.82, 2.24) is 4.90 Å². The van der Waals surface area contributed by atoms with Gasteiger partial charge >= 0.3 is 17.9 Å². The number of ether oxygens (including phenoxy) is 3. The summed E-state index contributed by atoms with van der Waals surface area (Å²) in [6, 6.07) is 0. The van der Waals surface area contributed by atoms with Crippen LogP contribution < -0.4 is 0 Å². The van der Waals surface area contributed by atoms with Crippen molar-refractivity contribution >= 4 is 35.5 Å². The summed E-state index contributed by atoms with van der Waals surface area (Å²) < 4.78 is 13.3. The number of Topliss-reactive ketones (excluding diaryl/α,β-unsaturated/α-hetero) is 1. The summed E-state index contributed by atoms with van der Waals surface area (Å²) in [5, 5.41) is 0. The Morgan fingerprint density at radius 1 is 0.774 bits per heavy atom. The Morgan fingerprint density at radius 3 is 1.45 bits per heavy atom. The lowest BCUT2D eigenvalue weighted by Gasteiger charge is -2.18. The van der Waals surface area contributed by atoms with Crippen LogP contribution >= 0.6 is 0 Å². The van der Waals surface area contributed by atoms with Crippen molar-refractivity contribution in [1.29, 1.82) is 0 Å². The first-order chi connectivity index (χ1) is 14.5. The van der Waals surface area contributed by atoms with Crippen molar-refractivity contribution in [2.75, 3.05) is 26.9 Å². The zero-order chi connectivity index (χ0) is 25.4. The van der Waals surface area contributed by atoms with E-state index in [1.807, 2.05) is 13.8 Å². The maximum Gasteiger partial charge on any atom is 0.330 e. The molecule has 0 spiro atoms. The molecule has 0 aromatic carbocycles. The molecule has 31 heavy (non-hydrogen) atoms. The normalized spacial score (nSPS) is 7.94. The molecule has 10 heteroatoms. The Morgan fingerprint density at radius 2 is 1.16 bits per heavy atom. The quantitative estimate of drug-likeness (QED) is 0.313. The Bertz CT molecular complexity index is 620. The van der Waals surface area contributed by atoms with E-state index >= 15 is 0 Å². The van der Waals surface area contributed by atoms with Crippen LogP contribution in [0.2, 0.25) is 0 Å². The molecule has 0 bridgehead atoms. The van der Waals surface area contributed by atoms with Crippen LogP contribution in [0, 0.1) is 0 Å². The van der Waals surface area contributed by atoms with Gasteiger partial charge in [-0.3, -0.25) is 14.5 Å². The molecule has 0 aliphatic rings. The second kappa shape index (κ2) is 24.5. The minimum Gasteiger partial charge on any atom is -0.466 e. The van der Waals surface area contributed by atoms with E-state index in [2.05, 4.69) is 33.9 Å². The highest BCUT2D eigenvalue weighted by atomic mass is 16.5. The first-order valence-corrected chi connectivity index (χ1v) is 9.03. The van der Waals surface area contributed by atoms with Gasteiger partial charge in [0.2, 0.25) is 5.91 Å². The molecule has 0 heterocycles. The Balaban J connectivity index is -0.000000249. The number of rotatable bonds is 8. The van der Waals surface area contributed by atoms with E-state index in [4.69, 9.17) is 0 Å². The number of imide groups is 1. The van der Waals surface area contributed by atoms with Crippen LogP contribution in [0.15, 0.2) is 38.0 Å². The SMILES string of the molecule is C=CC(=O)OC.C=CC(=O)OCCN(C(C)=O)C(=O)COC(=O)C=C.CC.CC(C)=O. The van der Waals surface area contributed by atoms with Crippen molar-refractivity contribution in [2.24, 2.45) is 0 Å². The van der Waals surface area contributed by atoms with Crippen molar-refractivity contribution < 1.29 is 43.0 Å². The van der Waals surface area contributed by atoms with Crippen LogP contribution in [0.1, 0.15) is 34.6 Å². The summed E-state index contributed by atoms with van der Waals surface area (Å²) >= 11 is 0. The minimum absolute atomic E-state index is 0.126. The third-order valence-electron chi connectivity index (χ3n) is 2.28. The number of ketones is 1. The van der Waals surface area contributed by atoms with Gasteiger partial charge in [0.25, 0.3) is 5.91 Å². The summed E-state index contributed by atoms with van der Waals surface area (Å²) in [6.45, 7) is 16.9. The summed E-state index contributed by atoms with van der Waals surface area (Å²) in [4.78, 5) is 64.5. The summed E-state index contributed by atoms with van der Waals surface area (Å²) in [7, 11) is 1.31. The number of hydrogen-bond donors (Lipinski definition) is 0. The number of methoxy groups -OCH3 is 1. The zero-order valence-corrected chi connectivity index (χ0v) is 19.1. The molecule has 0 aromatic heterocycles. The number of nitrogens with zero attached hydrogens (tertiary/aromatic N) is 1. The number of carbonyl (C=O) groups is 6. The van der Waals surface area contributed by atoms with Crippen molar-refractivity contribution in [3.05, 3.63) is 38.0 Å². The lowest BCUT2D eigenvalue weighted by atomic mass is 10.4. The first-order valence-electron chi connectivity index (χ1n) is 9.03. The molecule has 0 aliphatic heterocycles. The summed E-state index contributed by atoms with van der Waals surface area (Å²) in [5.41, 5.74) is 0. The fourth-order valence-corrected chi connectivity index (χ4v) is 1.11. The predicted octanol–water partition coefficient (Wildman–Crippen LogP) is 1.79. The Hall–Kier alpha value is -3.56. The van der Waals surface area contributed by atoms with E-state index in [9.17, 15) is 28.8 Å². The Kier molecular flexibility index (Phi) is 27.6. The van der Waals surface area contributed by atoms with E-state index in [0.29, 0.717) is 0 Å². The van der Waals surface area contributed by atoms with Gasteiger partial charge in [0.15, 0.2) is 6.61 Å². The largest absolute Gasteiger partial charge is 0.466 e. The smallest absolute Gasteiger partial charge is 0.330 e. The predicted molar refractivity (Wildman–Crippen MR) is 115 cm³/mol. The second-order valence-corrected chi connectivity index (χ2v) is 4.88. The molecule has 0 unspecified atom stereocenters. The second-order valence-electron chi connectivity index (χ2n) is 4.88. The van der Waals surface area contributed by atoms with E-state index in [1.54, 1.807) is 0 Å². The van der Waals surface area contributed by atoms with Crippen LogP contribution in [0.25, 0.3) is 0 Å². The van der Waals surface area contributed by atoms with Crippen LogP contribution in [-0.4, -0.2) is 67.3 Å². The van der Waals surface area contributed by atoms with Crippen LogP contribution in [0.5, 0.6) is 0 Å². The third-order valence-corrected chi connectivity index (χ3v) is 2.28. The highest BCUT2D eigenvalue weighted by molar-refractivity contribution is 5.96. The molecule has 0 atom stereocenters. The highest BCUT2D eigenvalue weighted by Crippen LogP contribution is 1.94. The van der Waals surface area contributed by atoms with Gasteiger partial charge in [-0.1, -0.05) is 33.6 Å². The van der Waals surface area contributed by atoms with Gasteiger partial charge in [-0.05, 0) is 13.8 Å². The molecular weight excluding hydrogens is 410 g/mol. The van der Waals surface area contributed by atoms with E-state index in [0.717, 1.165) is 23.1 Å². The monoisotopic (exact) mass is 443 g/mol. The summed E-state index contributed by atoms with van der Waals surface area (Å²) in [6.07, 6.45) is 2.98. The maximum atomic E-state index is 11.6. The molecule has 0 N–H and O–H groups in total. The molecule has 176 valence electrons. The lowest BCUT2D eigenvalue weighted by molar-refractivity contribution is -0.154. The van der Waals surface area contributed by atoms with Crippen molar-refractivity contribution in [3.63, 3.8) is 0 Å². The number of amides is 2. The van der Waals surface area contributed by atoms with Gasteiger partial charge in [-0.2, -0.15) is 0 Å². The Labute approximate surface area is 183 Å². The molecule has 0 radical (unpaired) electrons. The van der Waals surface area contributed by atoms with Gasteiger partial charge < -0.3 is 19.0 Å². The third kappa shape index (κ3) is 28.7. The van der Waals surface area contributed by atoms with Crippen molar-refractivity contribution in [2.45, 2.75) is 34.6 Å². The molecular formula is C21H33NO9. The highest BCUT2D eigenvalue weighted by Gasteiger charge is 2.19. The minimum atomic E-state index is -0.769. The fourth-order valence-electron chi connectivity index (χ4n) is 1.11. The van der Waals surface area contributed by atoms with Gasteiger partial charge in [0.05, 0.1) is 13.7 Å². The zero-order valence-electron chi connectivity index (χ0n) is 19.1. The van der Waals surface area contributed by atoms with Gasteiger partial charge in [0, 0.05) is 25.2 Å². The standard InChI is InChI=1S/C12H15NO6.C4H6O2.C3H6O.C2H6/c1-4-11(16)18-7-6-13(9(3)14)10(15)8-19-12(17)5-2;1-3-4(5)6-2;1-3(2)4;1-2/h4-5H,1-2,6-8H2,3H3;3H,1H2,2H3;1-2H3;1-2H3. The first kappa shape index (κ1) is 34.9. The van der Waals surface area contributed by atoms with Crippen molar-refractivity contribution in [3.8, 4) is 0 Å². The number of hydrogen-bond acceptors (Lipinski definition) is 9. The molecule has 0 rings (SSSR count). The van der Waals surface area contributed by atoms with E-state index in [-0.39, 0.29) is 18.9 Å². The number of carbonyl (C=O) groups excluding carboxylic acids is 6. The van der Waals surface area contributed by atoms with Gasteiger partial charge in [-0.25, -0.2) is 14.4 Å². The van der Waals surface area contributed by atoms with Crippen LogP contribution in [0.3, 0.4) is 0 Å². The lowest BCUT2D eigenvalue weighted by Crippen LogP contribution is -2.40.